The molecule has 13 heavy (non-hydrogen) atoms. The molecule has 2 aromatic rings. The molecule has 0 aliphatic heterocycles. The first-order valence-corrected chi connectivity index (χ1v) is 5.03. The van der Waals surface area contributed by atoms with Gasteiger partial charge >= 0.3 is 0 Å². The Bertz CT molecular complexity index is 480. The van der Waals surface area contributed by atoms with Crippen LogP contribution in [-0.4, -0.2) is 9.55 Å². The molecule has 0 radical (unpaired) electrons. The van der Waals surface area contributed by atoms with E-state index in [-0.39, 0.29) is 5.82 Å². The van der Waals surface area contributed by atoms with Gasteiger partial charge in [-0.2, -0.15) is 0 Å². The van der Waals surface area contributed by atoms with E-state index in [4.69, 9.17) is 11.6 Å². The summed E-state index contributed by atoms with van der Waals surface area (Å²) in [7, 11) is 1.69. The van der Waals surface area contributed by atoms with E-state index in [0.717, 1.165) is 0 Å². The maximum absolute atomic E-state index is 13.5. The van der Waals surface area contributed by atoms with Crippen LogP contribution in [0.1, 0.15) is 0 Å². The summed E-state index contributed by atoms with van der Waals surface area (Å²) in [6.07, 6.45) is 0. The molecular weight excluding hydrogens is 305 g/mol. The number of imidazole rings is 1. The second-order valence-electron chi connectivity index (χ2n) is 2.67. The average Bonchev–Trinajstić information content (AvgIpc) is 2.37. The van der Waals surface area contributed by atoms with Gasteiger partial charge in [-0.1, -0.05) is 0 Å². The molecule has 0 N–H and O–H groups in total. The summed E-state index contributed by atoms with van der Waals surface area (Å²) in [5.74, 6) is -0.264. The van der Waals surface area contributed by atoms with Crippen LogP contribution in [0.25, 0.3) is 11.0 Å². The largest absolute Gasteiger partial charge is 0.315 e. The fourth-order valence-corrected chi connectivity index (χ4v) is 1.82. The van der Waals surface area contributed by atoms with Gasteiger partial charge in [0.2, 0.25) is 5.28 Å². The minimum Gasteiger partial charge on any atom is -0.315 e. The molecule has 0 spiro atoms. The van der Waals surface area contributed by atoms with Gasteiger partial charge in [-0.15, -0.1) is 0 Å². The maximum atomic E-state index is 13.5. The van der Waals surface area contributed by atoms with Crippen molar-refractivity contribution in [3.63, 3.8) is 0 Å². The fraction of sp³-hybridized carbons (Fsp3) is 0.125. The number of hydrogen-bond donors (Lipinski definition) is 0. The van der Waals surface area contributed by atoms with Crippen molar-refractivity contribution < 1.29 is 4.39 Å². The predicted molar refractivity (Wildman–Crippen MR) is 58.4 cm³/mol. The van der Waals surface area contributed by atoms with Crippen molar-refractivity contribution in [1.29, 1.82) is 0 Å². The lowest BCUT2D eigenvalue weighted by Crippen LogP contribution is -1.91. The molecule has 1 heterocycles. The topological polar surface area (TPSA) is 17.8 Å². The van der Waals surface area contributed by atoms with E-state index in [9.17, 15) is 4.39 Å². The summed E-state index contributed by atoms with van der Waals surface area (Å²) in [6.45, 7) is 0. The van der Waals surface area contributed by atoms with Gasteiger partial charge in [-0.05, 0) is 46.3 Å². The zero-order chi connectivity index (χ0) is 9.59. The highest BCUT2D eigenvalue weighted by Gasteiger charge is 2.12. The smallest absolute Gasteiger partial charge is 0.203 e. The Kier molecular flexibility index (Phi) is 2.19. The first-order chi connectivity index (χ1) is 6.11. The minimum absolute atomic E-state index is 0.264. The maximum Gasteiger partial charge on any atom is 0.203 e. The lowest BCUT2D eigenvalue weighted by molar-refractivity contribution is 0.625. The van der Waals surface area contributed by atoms with Gasteiger partial charge in [0.05, 0.1) is 9.09 Å². The van der Waals surface area contributed by atoms with Crippen LogP contribution in [0.2, 0.25) is 5.28 Å². The summed E-state index contributed by atoms with van der Waals surface area (Å²) in [5.41, 5.74) is 1.04. The van der Waals surface area contributed by atoms with E-state index in [1.807, 2.05) is 22.6 Å². The van der Waals surface area contributed by atoms with Crippen LogP contribution in [0.3, 0.4) is 0 Å². The molecule has 1 aromatic carbocycles. The molecule has 0 amide bonds. The first kappa shape index (κ1) is 9.21. The summed E-state index contributed by atoms with van der Waals surface area (Å²) >= 11 is 7.70. The number of benzene rings is 1. The molecule has 0 aliphatic rings. The van der Waals surface area contributed by atoms with E-state index in [1.54, 1.807) is 19.2 Å². The SMILES string of the molecule is Cn1c(Cl)nc2ccc(I)c(F)c21. The molecule has 68 valence electrons. The molecular formula is C8H5ClFIN2. The van der Waals surface area contributed by atoms with Crippen LogP contribution in [0.5, 0.6) is 0 Å². The highest BCUT2D eigenvalue weighted by Crippen LogP contribution is 2.24. The number of aromatic nitrogens is 2. The molecule has 0 atom stereocenters. The van der Waals surface area contributed by atoms with Crippen LogP contribution in [-0.2, 0) is 7.05 Å². The lowest BCUT2D eigenvalue weighted by Gasteiger charge is -1.98. The van der Waals surface area contributed by atoms with E-state index in [0.29, 0.717) is 19.9 Å². The van der Waals surface area contributed by atoms with Crippen molar-refractivity contribution >= 4 is 45.2 Å². The van der Waals surface area contributed by atoms with E-state index >= 15 is 0 Å². The van der Waals surface area contributed by atoms with Crippen molar-refractivity contribution in [2.75, 3.05) is 0 Å². The van der Waals surface area contributed by atoms with Gasteiger partial charge in [-0.25, -0.2) is 9.37 Å². The van der Waals surface area contributed by atoms with Crippen LogP contribution < -0.4 is 0 Å². The molecule has 0 bridgehead atoms. The number of halogens is 3. The van der Waals surface area contributed by atoms with E-state index in [2.05, 4.69) is 4.98 Å². The number of aryl methyl sites for hydroxylation is 1. The molecule has 5 heteroatoms. The number of hydrogen-bond acceptors (Lipinski definition) is 1. The van der Waals surface area contributed by atoms with Gasteiger partial charge in [0.25, 0.3) is 0 Å². The number of nitrogens with zero attached hydrogens (tertiary/aromatic N) is 2. The quantitative estimate of drug-likeness (QED) is 0.684. The zero-order valence-corrected chi connectivity index (χ0v) is 9.60. The van der Waals surface area contributed by atoms with Gasteiger partial charge in [0.15, 0.2) is 5.82 Å². The third kappa shape index (κ3) is 1.32. The van der Waals surface area contributed by atoms with Crippen molar-refractivity contribution in [3.8, 4) is 0 Å². The van der Waals surface area contributed by atoms with Crippen molar-refractivity contribution in [1.82, 2.24) is 9.55 Å². The second-order valence-corrected chi connectivity index (χ2v) is 4.17. The normalized spacial score (nSPS) is 11.1. The molecule has 0 saturated heterocycles. The summed E-state index contributed by atoms with van der Waals surface area (Å²) in [5, 5.41) is 0.302. The lowest BCUT2D eigenvalue weighted by atomic mass is 10.3. The Labute approximate surface area is 92.8 Å². The number of fused-ring (bicyclic) bond motifs is 1. The zero-order valence-electron chi connectivity index (χ0n) is 6.68. The van der Waals surface area contributed by atoms with Gasteiger partial charge in [-0.3, -0.25) is 0 Å². The molecule has 2 nitrogen and oxygen atoms in total. The van der Waals surface area contributed by atoms with Gasteiger partial charge in [0, 0.05) is 7.05 Å². The molecule has 1 aromatic heterocycles. The van der Waals surface area contributed by atoms with Crippen LogP contribution in [0.15, 0.2) is 12.1 Å². The fourth-order valence-electron chi connectivity index (χ4n) is 1.21. The van der Waals surface area contributed by atoms with Crippen LogP contribution >= 0.6 is 34.2 Å². The summed E-state index contributed by atoms with van der Waals surface area (Å²) < 4.78 is 15.7. The summed E-state index contributed by atoms with van der Waals surface area (Å²) in [6, 6.07) is 3.44. The van der Waals surface area contributed by atoms with Crippen LogP contribution in [0, 0.1) is 9.39 Å². The molecule has 2 rings (SSSR count). The standard InChI is InChI=1S/C8H5ClFIN2/c1-13-7-5(12-8(13)9)3-2-4(11)6(7)10/h2-3H,1H3. The molecule has 0 unspecified atom stereocenters. The Morgan fingerprint density at radius 2 is 2.23 bits per heavy atom. The van der Waals surface area contributed by atoms with Crippen molar-refractivity contribution in [3.05, 3.63) is 26.8 Å². The third-order valence-corrected chi connectivity index (χ3v) is 3.04. The molecule has 0 aliphatic carbocycles. The Balaban J connectivity index is 2.97. The van der Waals surface area contributed by atoms with Gasteiger partial charge < -0.3 is 4.57 Å². The average molecular weight is 310 g/mol. The second kappa shape index (κ2) is 3.09. The molecule has 0 fully saturated rings. The third-order valence-electron chi connectivity index (χ3n) is 1.87. The Hall–Kier alpha value is -0.360. The highest BCUT2D eigenvalue weighted by atomic mass is 127. The van der Waals surface area contributed by atoms with E-state index < -0.39 is 0 Å². The Morgan fingerprint density at radius 1 is 1.54 bits per heavy atom. The Morgan fingerprint density at radius 3 is 2.92 bits per heavy atom. The van der Waals surface area contributed by atoms with E-state index in [1.165, 1.54) is 4.57 Å². The first-order valence-electron chi connectivity index (χ1n) is 3.57. The van der Waals surface area contributed by atoms with Crippen molar-refractivity contribution in [2.45, 2.75) is 0 Å². The van der Waals surface area contributed by atoms with Gasteiger partial charge in [0.1, 0.15) is 5.52 Å². The van der Waals surface area contributed by atoms with Crippen molar-refractivity contribution in [2.24, 2.45) is 7.05 Å². The highest BCUT2D eigenvalue weighted by molar-refractivity contribution is 14.1. The number of rotatable bonds is 0. The summed E-state index contributed by atoms with van der Waals surface area (Å²) in [4.78, 5) is 4.00. The minimum atomic E-state index is -0.264. The van der Waals surface area contributed by atoms with Crippen LogP contribution in [0.4, 0.5) is 4.39 Å². The molecule has 0 saturated carbocycles. The predicted octanol–water partition coefficient (Wildman–Crippen LogP) is 2.97. The monoisotopic (exact) mass is 310 g/mol.